The predicted octanol–water partition coefficient (Wildman–Crippen LogP) is 1.34. The number of amides is 1. The van der Waals surface area contributed by atoms with Crippen LogP contribution in [0.2, 0.25) is 0 Å². The van der Waals surface area contributed by atoms with E-state index in [1.165, 1.54) is 13.0 Å². The van der Waals surface area contributed by atoms with Crippen molar-refractivity contribution in [2.75, 3.05) is 33.2 Å². The topological polar surface area (TPSA) is 68.8 Å². The Balaban J connectivity index is 1.65. The highest BCUT2D eigenvalue weighted by atomic mass is 16.1. The third-order valence-corrected chi connectivity index (χ3v) is 4.44. The minimum absolute atomic E-state index is 0.0374. The van der Waals surface area contributed by atoms with E-state index in [-0.39, 0.29) is 12.5 Å². The molecule has 0 aromatic heterocycles. The lowest BCUT2D eigenvalue weighted by atomic mass is 10.1. The molecule has 6 heteroatoms. The van der Waals surface area contributed by atoms with Crippen LogP contribution in [0.25, 0.3) is 0 Å². The molecule has 1 saturated heterocycles. The molecule has 0 bridgehead atoms. The maximum atomic E-state index is 12.0. The summed E-state index contributed by atoms with van der Waals surface area (Å²) in [6.45, 7) is 6.42. The highest BCUT2D eigenvalue weighted by Crippen LogP contribution is 2.10. The predicted molar refractivity (Wildman–Crippen MR) is 103 cm³/mol. The van der Waals surface area contributed by atoms with Crippen LogP contribution in [-0.4, -0.2) is 56.0 Å². The number of likely N-dealkylation sites (tertiary alicyclic amines) is 1. The van der Waals surface area contributed by atoms with Gasteiger partial charge in [0.2, 0.25) is 5.91 Å². The number of carbonyl (C=O) groups is 1. The van der Waals surface area contributed by atoms with Crippen LogP contribution < -0.4 is 16.0 Å². The molecule has 6 nitrogen and oxygen atoms in total. The fourth-order valence-corrected chi connectivity index (χ4v) is 3.03. The van der Waals surface area contributed by atoms with E-state index in [0.29, 0.717) is 18.5 Å². The van der Waals surface area contributed by atoms with E-state index in [2.05, 4.69) is 32.8 Å². The Kier molecular flexibility index (Phi) is 8.25. The van der Waals surface area contributed by atoms with Crippen LogP contribution in [0.1, 0.15) is 31.7 Å². The van der Waals surface area contributed by atoms with Gasteiger partial charge in [0.25, 0.3) is 0 Å². The Morgan fingerprint density at radius 1 is 1.20 bits per heavy atom. The average Bonchev–Trinajstić information content (AvgIpc) is 2.66. The summed E-state index contributed by atoms with van der Waals surface area (Å²) in [5.41, 5.74) is 1.09. The molecule has 3 N–H and O–H groups in total. The number of nitrogens with zero attached hydrogens (tertiary/aromatic N) is 2. The molecule has 0 atom stereocenters. The highest BCUT2D eigenvalue weighted by Gasteiger charge is 2.19. The number of guanidine groups is 1. The Morgan fingerprint density at radius 3 is 2.56 bits per heavy atom. The SMILES string of the molecule is CCCN1CCC(NC(=NC)NCC(=O)NCc2ccccc2)CC1. The van der Waals surface area contributed by atoms with Gasteiger partial charge in [-0.3, -0.25) is 9.79 Å². The van der Waals surface area contributed by atoms with Crippen LogP contribution in [0.3, 0.4) is 0 Å². The summed E-state index contributed by atoms with van der Waals surface area (Å²) in [6, 6.07) is 10.3. The molecule has 138 valence electrons. The maximum absolute atomic E-state index is 12.0. The summed E-state index contributed by atoms with van der Waals surface area (Å²) in [5.74, 6) is 0.661. The van der Waals surface area contributed by atoms with Gasteiger partial charge in [-0.05, 0) is 31.4 Å². The summed E-state index contributed by atoms with van der Waals surface area (Å²) in [6.07, 6.45) is 3.43. The number of benzene rings is 1. The van der Waals surface area contributed by atoms with Gasteiger partial charge in [-0.15, -0.1) is 0 Å². The van der Waals surface area contributed by atoms with Gasteiger partial charge < -0.3 is 20.9 Å². The van der Waals surface area contributed by atoms with Crippen LogP contribution in [0.15, 0.2) is 35.3 Å². The van der Waals surface area contributed by atoms with Crippen molar-refractivity contribution >= 4 is 11.9 Å². The molecule has 2 rings (SSSR count). The second-order valence-electron chi connectivity index (χ2n) is 6.45. The van der Waals surface area contributed by atoms with Crippen molar-refractivity contribution in [2.24, 2.45) is 4.99 Å². The van der Waals surface area contributed by atoms with Gasteiger partial charge in [0.05, 0.1) is 6.54 Å². The van der Waals surface area contributed by atoms with Gasteiger partial charge >= 0.3 is 0 Å². The lowest BCUT2D eigenvalue weighted by Crippen LogP contribution is -2.50. The van der Waals surface area contributed by atoms with E-state index >= 15 is 0 Å². The fraction of sp³-hybridized carbons (Fsp3) is 0.579. The summed E-state index contributed by atoms with van der Waals surface area (Å²) < 4.78 is 0. The number of carbonyl (C=O) groups excluding carboxylic acids is 1. The van der Waals surface area contributed by atoms with Crippen LogP contribution in [0, 0.1) is 0 Å². The second kappa shape index (κ2) is 10.7. The second-order valence-corrected chi connectivity index (χ2v) is 6.45. The Bertz CT molecular complexity index is 538. The summed E-state index contributed by atoms with van der Waals surface area (Å²) in [4.78, 5) is 18.7. The first-order valence-electron chi connectivity index (χ1n) is 9.21. The lowest BCUT2D eigenvalue weighted by molar-refractivity contribution is -0.120. The minimum Gasteiger partial charge on any atom is -0.354 e. The molecule has 1 fully saturated rings. The highest BCUT2D eigenvalue weighted by molar-refractivity contribution is 5.86. The Labute approximate surface area is 151 Å². The zero-order valence-corrected chi connectivity index (χ0v) is 15.4. The monoisotopic (exact) mass is 345 g/mol. The Morgan fingerprint density at radius 2 is 1.92 bits per heavy atom. The van der Waals surface area contributed by atoms with Gasteiger partial charge in [0, 0.05) is 32.7 Å². The fourth-order valence-electron chi connectivity index (χ4n) is 3.03. The number of rotatable bonds is 7. The first kappa shape index (κ1) is 19.2. The van der Waals surface area contributed by atoms with Gasteiger partial charge in [0.15, 0.2) is 5.96 Å². The van der Waals surface area contributed by atoms with E-state index < -0.39 is 0 Å². The van der Waals surface area contributed by atoms with Crippen molar-refractivity contribution in [1.82, 2.24) is 20.9 Å². The van der Waals surface area contributed by atoms with E-state index in [9.17, 15) is 4.79 Å². The molecule has 0 aliphatic carbocycles. The first-order chi connectivity index (χ1) is 12.2. The van der Waals surface area contributed by atoms with Crippen molar-refractivity contribution in [3.63, 3.8) is 0 Å². The van der Waals surface area contributed by atoms with Crippen LogP contribution in [0.5, 0.6) is 0 Å². The largest absolute Gasteiger partial charge is 0.354 e. The number of nitrogens with one attached hydrogen (secondary N) is 3. The van der Waals surface area contributed by atoms with Crippen molar-refractivity contribution < 1.29 is 4.79 Å². The third kappa shape index (κ3) is 7.13. The minimum atomic E-state index is -0.0374. The van der Waals surface area contributed by atoms with E-state index in [1.807, 2.05) is 30.3 Å². The molecular weight excluding hydrogens is 314 g/mol. The summed E-state index contributed by atoms with van der Waals surface area (Å²) >= 11 is 0. The summed E-state index contributed by atoms with van der Waals surface area (Å²) in [7, 11) is 1.74. The van der Waals surface area contributed by atoms with Gasteiger partial charge in [-0.2, -0.15) is 0 Å². The molecule has 0 saturated carbocycles. The Hall–Kier alpha value is -2.08. The molecule has 1 aromatic rings. The normalized spacial score (nSPS) is 16.5. The van der Waals surface area contributed by atoms with Gasteiger partial charge in [-0.1, -0.05) is 37.3 Å². The number of hydrogen-bond donors (Lipinski definition) is 3. The average molecular weight is 345 g/mol. The lowest BCUT2D eigenvalue weighted by Gasteiger charge is -2.32. The molecule has 1 aliphatic heterocycles. The van der Waals surface area contributed by atoms with Crippen molar-refractivity contribution in [2.45, 2.75) is 38.8 Å². The summed E-state index contributed by atoms with van der Waals surface area (Å²) in [5, 5.41) is 9.44. The van der Waals surface area contributed by atoms with Gasteiger partial charge in [0.1, 0.15) is 0 Å². The van der Waals surface area contributed by atoms with E-state index in [0.717, 1.165) is 31.5 Å². The smallest absolute Gasteiger partial charge is 0.239 e. The quantitative estimate of drug-likeness (QED) is 0.515. The van der Waals surface area contributed by atoms with Crippen LogP contribution in [-0.2, 0) is 11.3 Å². The molecule has 0 unspecified atom stereocenters. The van der Waals surface area contributed by atoms with Crippen molar-refractivity contribution in [1.29, 1.82) is 0 Å². The van der Waals surface area contributed by atoms with Crippen molar-refractivity contribution in [3.8, 4) is 0 Å². The van der Waals surface area contributed by atoms with Crippen LogP contribution >= 0.6 is 0 Å². The van der Waals surface area contributed by atoms with E-state index in [4.69, 9.17) is 0 Å². The van der Waals surface area contributed by atoms with Gasteiger partial charge in [-0.25, -0.2) is 0 Å². The molecular formula is C19H31N5O. The zero-order chi connectivity index (χ0) is 17.9. The molecule has 1 amide bonds. The molecule has 0 radical (unpaired) electrons. The molecule has 1 heterocycles. The van der Waals surface area contributed by atoms with Crippen LogP contribution in [0.4, 0.5) is 0 Å². The van der Waals surface area contributed by atoms with E-state index in [1.54, 1.807) is 7.05 Å². The van der Waals surface area contributed by atoms with Crippen molar-refractivity contribution in [3.05, 3.63) is 35.9 Å². The maximum Gasteiger partial charge on any atom is 0.239 e. The number of piperidine rings is 1. The first-order valence-corrected chi connectivity index (χ1v) is 9.21. The standard InChI is InChI=1S/C19H31N5O/c1-3-11-24-12-9-17(10-13-24)23-19(20-2)22-15-18(25)21-14-16-7-5-4-6-8-16/h4-8,17H,3,9-15H2,1-2H3,(H,21,25)(H2,20,22,23). The molecule has 1 aromatic carbocycles. The molecule has 25 heavy (non-hydrogen) atoms. The number of hydrogen-bond acceptors (Lipinski definition) is 3. The molecule has 1 aliphatic rings. The zero-order valence-electron chi connectivity index (χ0n) is 15.4. The molecule has 0 spiro atoms. The number of aliphatic imine (C=N–C) groups is 1. The third-order valence-electron chi connectivity index (χ3n) is 4.44.